The van der Waals surface area contributed by atoms with Gasteiger partial charge in [0.15, 0.2) is 0 Å². The van der Waals surface area contributed by atoms with Crippen LogP contribution >= 0.6 is 0 Å². The van der Waals surface area contributed by atoms with Crippen LogP contribution in [-0.2, 0) is 6.61 Å². The van der Waals surface area contributed by atoms with Gasteiger partial charge in [0.1, 0.15) is 11.5 Å². The summed E-state index contributed by atoms with van der Waals surface area (Å²) >= 11 is 0. The first kappa shape index (κ1) is 11.3. The van der Waals surface area contributed by atoms with E-state index in [1.807, 2.05) is 0 Å². The zero-order chi connectivity index (χ0) is 11.4. The fourth-order valence-corrected chi connectivity index (χ4v) is 1.26. The van der Waals surface area contributed by atoms with Crippen molar-refractivity contribution in [1.29, 1.82) is 0 Å². The second-order valence-electron chi connectivity index (χ2n) is 2.82. The van der Waals surface area contributed by atoms with Crippen LogP contribution in [0.1, 0.15) is 15.9 Å². The molecule has 0 aliphatic rings. The minimum Gasteiger partial charge on any atom is -0.496 e. The third-order valence-electron chi connectivity index (χ3n) is 2.01. The zero-order valence-corrected chi connectivity index (χ0v) is 8.48. The third kappa shape index (κ3) is 2.19. The van der Waals surface area contributed by atoms with E-state index in [2.05, 4.69) is 0 Å². The van der Waals surface area contributed by atoms with Crippen molar-refractivity contribution in [3.63, 3.8) is 0 Å². The van der Waals surface area contributed by atoms with E-state index in [-0.39, 0.29) is 12.2 Å². The minimum absolute atomic E-state index is 0.0564. The monoisotopic (exact) mass is 212 g/mol. The largest absolute Gasteiger partial charge is 0.496 e. The van der Waals surface area contributed by atoms with E-state index >= 15 is 0 Å². The number of aromatic carboxylic acids is 1. The number of carboxylic acid groups (broad SMARTS) is 1. The standard InChI is InChI=1S/C10H12O5/c1-14-8-3-6(10(12)13)4-9(15-2)7(8)5-11/h3-4,11H,5H2,1-2H3,(H,12,13). The molecule has 0 atom stereocenters. The summed E-state index contributed by atoms with van der Waals surface area (Å²) < 4.78 is 9.93. The van der Waals surface area contributed by atoms with Crippen LogP contribution in [0.2, 0.25) is 0 Å². The number of rotatable bonds is 4. The molecule has 0 fully saturated rings. The van der Waals surface area contributed by atoms with Crippen LogP contribution in [0.15, 0.2) is 12.1 Å². The van der Waals surface area contributed by atoms with Crippen molar-refractivity contribution >= 4 is 5.97 Å². The molecule has 0 amide bonds. The molecule has 1 aromatic rings. The average Bonchev–Trinajstić information content (AvgIpc) is 2.26. The van der Waals surface area contributed by atoms with Gasteiger partial charge in [0.25, 0.3) is 0 Å². The molecule has 5 nitrogen and oxygen atoms in total. The summed E-state index contributed by atoms with van der Waals surface area (Å²) in [6.45, 7) is -0.272. The highest BCUT2D eigenvalue weighted by molar-refractivity contribution is 5.89. The first-order chi connectivity index (χ1) is 7.13. The fraction of sp³-hybridized carbons (Fsp3) is 0.300. The number of hydrogen-bond donors (Lipinski definition) is 2. The van der Waals surface area contributed by atoms with Crippen LogP contribution in [0.3, 0.4) is 0 Å². The second kappa shape index (κ2) is 4.65. The van der Waals surface area contributed by atoms with E-state index in [1.165, 1.54) is 26.4 Å². The molecule has 0 heterocycles. The molecular formula is C10H12O5. The lowest BCUT2D eigenvalue weighted by atomic mass is 10.1. The van der Waals surface area contributed by atoms with Gasteiger partial charge in [-0.15, -0.1) is 0 Å². The van der Waals surface area contributed by atoms with Crippen LogP contribution in [0.25, 0.3) is 0 Å². The fourth-order valence-electron chi connectivity index (χ4n) is 1.26. The molecule has 5 heteroatoms. The van der Waals surface area contributed by atoms with Gasteiger partial charge in [0, 0.05) is 0 Å². The number of aliphatic hydroxyl groups is 1. The van der Waals surface area contributed by atoms with Crippen molar-refractivity contribution < 1.29 is 24.5 Å². The summed E-state index contributed by atoms with van der Waals surface area (Å²) in [5.74, 6) is -0.473. The lowest BCUT2D eigenvalue weighted by Gasteiger charge is -2.12. The number of hydrogen-bond acceptors (Lipinski definition) is 4. The van der Waals surface area contributed by atoms with Gasteiger partial charge in [-0.05, 0) is 12.1 Å². The SMILES string of the molecule is COc1cc(C(=O)O)cc(OC)c1CO. The molecule has 0 spiro atoms. The number of carbonyl (C=O) groups is 1. The molecule has 2 N–H and O–H groups in total. The van der Waals surface area contributed by atoms with Crippen LogP contribution in [0.5, 0.6) is 11.5 Å². The molecule has 0 aliphatic carbocycles. The van der Waals surface area contributed by atoms with Gasteiger partial charge < -0.3 is 19.7 Å². The van der Waals surface area contributed by atoms with E-state index in [1.54, 1.807) is 0 Å². The summed E-state index contributed by atoms with van der Waals surface area (Å²) in [6.07, 6.45) is 0. The predicted molar refractivity (Wildman–Crippen MR) is 52.4 cm³/mol. The number of benzene rings is 1. The molecule has 1 aromatic carbocycles. The maximum absolute atomic E-state index is 10.8. The van der Waals surface area contributed by atoms with Gasteiger partial charge in [0.2, 0.25) is 0 Å². The van der Waals surface area contributed by atoms with E-state index < -0.39 is 5.97 Å². The number of aliphatic hydroxyl groups excluding tert-OH is 1. The van der Waals surface area contributed by atoms with Crippen molar-refractivity contribution in [3.8, 4) is 11.5 Å². The smallest absolute Gasteiger partial charge is 0.335 e. The highest BCUT2D eigenvalue weighted by Crippen LogP contribution is 2.30. The predicted octanol–water partition coefficient (Wildman–Crippen LogP) is 0.894. The Morgan fingerprint density at radius 3 is 2.00 bits per heavy atom. The summed E-state index contributed by atoms with van der Waals surface area (Å²) in [5.41, 5.74) is 0.492. The molecule has 82 valence electrons. The third-order valence-corrected chi connectivity index (χ3v) is 2.01. The van der Waals surface area contributed by atoms with Gasteiger partial charge in [-0.1, -0.05) is 0 Å². The highest BCUT2D eigenvalue weighted by atomic mass is 16.5. The zero-order valence-electron chi connectivity index (χ0n) is 8.48. The number of carboxylic acids is 1. The Kier molecular flexibility index (Phi) is 3.51. The molecule has 0 unspecified atom stereocenters. The molecule has 15 heavy (non-hydrogen) atoms. The van der Waals surface area contributed by atoms with Crippen molar-refractivity contribution in [1.82, 2.24) is 0 Å². The molecule has 0 aromatic heterocycles. The van der Waals surface area contributed by atoms with E-state index in [0.717, 1.165) is 0 Å². The Balaban J connectivity index is 3.35. The van der Waals surface area contributed by atoms with Crippen LogP contribution < -0.4 is 9.47 Å². The lowest BCUT2D eigenvalue weighted by molar-refractivity contribution is 0.0696. The van der Waals surface area contributed by atoms with Crippen LogP contribution in [0, 0.1) is 0 Å². The first-order valence-electron chi connectivity index (χ1n) is 4.23. The summed E-state index contributed by atoms with van der Waals surface area (Å²) in [7, 11) is 2.80. The molecule has 0 saturated carbocycles. The molecule has 0 radical (unpaired) electrons. The molecular weight excluding hydrogens is 200 g/mol. The number of ether oxygens (including phenoxy) is 2. The maximum atomic E-state index is 10.8. The normalized spacial score (nSPS) is 9.80. The summed E-state index contributed by atoms with van der Waals surface area (Å²) in [4.78, 5) is 10.8. The lowest BCUT2D eigenvalue weighted by Crippen LogP contribution is -2.02. The van der Waals surface area contributed by atoms with Gasteiger partial charge in [-0.3, -0.25) is 0 Å². The summed E-state index contributed by atoms with van der Waals surface area (Å²) in [5, 5.41) is 17.9. The van der Waals surface area contributed by atoms with Gasteiger partial charge in [-0.2, -0.15) is 0 Å². The van der Waals surface area contributed by atoms with Crippen molar-refractivity contribution in [2.24, 2.45) is 0 Å². The Labute approximate surface area is 86.9 Å². The highest BCUT2D eigenvalue weighted by Gasteiger charge is 2.14. The van der Waals surface area contributed by atoms with Crippen molar-refractivity contribution in [2.45, 2.75) is 6.61 Å². The van der Waals surface area contributed by atoms with Crippen LogP contribution in [-0.4, -0.2) is 30.4 Å². The van der Waals surface area contributed by atoms with Crippen molar-refractivity contribution in [2.75, 3.05) is 14.2 Å². The number of methoxy groups -OCH3 is 2. The Morgan fingerprint density at radius 1 is 1.27 bits per heavy atom. The van der Waals surface area contributed by atoms with E-state index in [0.29, 0.717) is 17.1 Å². The Hall–Kier alpha value is -1.75. The quantitative estimate of drug-likeness (QED) is 0.775. The topological polar surface area (TPSA) is 76.0 Å². The van der Waals surface area contributed by atoms with E-state index in [9.17, 15) is 4.79 Å². The van der Waals surface area contributed by atoms with Gasteiger partial charge >= 0.3 is 5.97 Å². The Morgan fingerprint density at radius 2 is 1.73 bits per heavy atom. The van der Waals surface area contributed by atoms with Crippen molar-refractivity contribution in [3.05, 3.63) is 23.3 Å². The minimum atomic E-state index is -1.07. The first-order valence-corrected chi connectivity index (χ1v) is 4.23. The molecule has 0 aliphatic heterocycles. The van der Waals surface area contributed by atoms with Gasteiger partial charge in [0.05, 0.1) is 32.0 Å². The maximum Gasteiger partial charge on any atom is 0.335 e. The van der Waals surface area contributed by atoms with E-state index in [4.69, 9.17) is 19.7 Å². The molecule has 1 rings (SSSR count). The Bertz CT molecular complexity index is 347. The summed E-state index contributed by atoms with van der Waals surface area (Å²) in [6, 6.07) is 2.69. The second-order valence-corrected chi connectivity index (χ2v) is 2.82. The average molecular weight is 212 g/mol. The molecule has 0 saturated heterocycles. The van der Waals surface area contributed by atoms with Gasteiger partial charge in [-0.25, -0.2) is 4.79 Å². The molecule has 0 bridgehead atoms. The van der Waals surface area contributed by atoms with Crippen LogP contribution in [0.4, 0.5) is 0 Å².